The van der Waals surface area contributed by atoms with Gasteiger partial charge in [-0.2, -0.15) is 0 Å². The molecule has 0 radical (unpaired) electrons. The molecule has 0 fully saturated rings. The predicted molar refractivity (Wildman–Crippen MR) is 76.9 cm³/mol. The van der Waals surface area contributed by atoms with E-state index in [-0.39, 0.29) is 5.82 Å². The molecular formula is C14H11Br2FO. The molecule has 1 N–H and O–H groups in total. The minimum absolute atomic E-state index is 0.344. The summed E-state index contributed by atoms with van der Waals surface area (Å²) >= 11 is 6.68. The molecule has 2 rings (SSSR count). The molecule has 18 heavy (non-hydrogen) atoms. The molecule has 0 aromatic heterocycles. The highest BCUT2D eigenvalue weighted by atomic mass is 79.9. The molecular weight excluding hydrogens is 363 g/mol. The fourth-order valence-electron chi connectivity index (χ4n) is 1.72. The van der Waals surface area contributed by atoms with Crippen molar-refractivity contribution in [3.63, 3.8) is 0 Å². The van der Waals surface area contributed by atoms with Gasteiger partial charge in [0.15, 0.2) is 0 Å². The number of aliphatic hydroxyl groups is 1. The Bertz CT molecular complexity index is 540. The summed E-state index contributed by atoms with van der Waals surface area (Å²) < 4.78 is 14.9. The van der Waals surface area contributed by atoms with Crippen LogP contribution in [0.3, 0.4) is 0 Å². The van der Waals surface area contributed by atoms with Crippen LogP contribution in [0.2, 0.25) is 0 Å². The second-order valence-electron chi connectivity index (χ2n) is 4.01. The molecule has 0 aliphatic heterocycles. The molecule has 1 atom stereocenters. The first-order chi connectivity index (χ1) is 8.56. The topological polar surface area (TPSA) is 20.2 Å². The number of aliphatic hydroxyl groups excluding tert-OH is 1. The maximum Gasteiger partial charge on any atom is 0.123 e. The van der Waals surface area contributed by atoms with E-state index in [1.54, 1.807) is 6.07 Å². The third kappa shape index (κ3) is 3.40. The van der Waals surface area contributed by atoms with Gasteiger partial charge in [0.25, 0.3) is 0 Å². The van der Waals surface area contributed by atoms with E-state index in [2.05, 4.69) is 31.9 Å². The summed E-state index contributed by atoms with van der Waals surface area (Å²) in [4.78, 5) is 0. The van der Waals surface area contributed by atoms with Gasteiger partial charge in [0.05, 0.1) is 6.10 Å². The van der Waals surface area contributed by atoms with E-state index in [0.29, 0.717) is 16.5 Å². The molecule has 0 heterocycles. The fraction of sp³-hybridized carbons (Fsp3) is 0.143. The maximum absolute atomic E-state index is 13.2. The van der Waals surface area contributed by atoms with E-state index in [4.69, 9.17) is 0 Å². The van der Waals surface area contributed by atoms with Crippen LogP contribution < -0.4 is 0 Å². The van der Waals surface area contributed by atoms with Crippen molar-refractivity contribution < 1.29 is 9.50 Å². The normalized spacial score (nSPS) is 12.4. The van der Waals surface area contributed by atoms with Crippen molar-refractivity contribution in [2.45, 2.75) is 12.5 Å². The number of hydrogen-bond acceptors (Lipinski definition) is 1. The summed E-state index contributed by atoms with van der Waals surface area (Å²) in [5.74, 6) is -0.344. The SMILES string of the molecule is OC(Cc1ccc(Br)cc1)c1cc(F)ccc1Br. The monoisotopic (exact) mass is 372 g/mol. The molecule has 0 saturated heterocycles. The molecule has 1 nitrogen and oxygen atoms in total. The van der Waals surface area contributed by atoms with Gasteiger partial charge in [-0.25, -0.2) is 4.39 Å². The van der Waals surface area contributed by atoms with Crippen LogP contribution in [-0.4, -0.2) is 5.11 Å². The van der Waals surface area contributed by atoms with Gasteiger partial charge >= 0.3 is 0 Å². The van der Waals surface area contributed by atoms with Crippen molar-refractivity contribution in [2.24, 2.45) is 0 Å². The van der Waals surface area contributed by atoms with Crippen LogP contribution in [-0.2, 0) is 6.42 Å². The van der Waals surface area contributed by atoms with Gasteiger partial charge in [-0.3, -0.25) is 0 Å². The van der Waals surface area contributed by atoms with Crippen molar-refractivity contribution in [3.8, 4) is 0 Å². The Morgan fingerprint density at radius 3 is 2.39 bits per heavy atom. The third-order valence-electron chi connectivity index (χ3n) is 2.66. The lowest BCUT2D eigenvalue weighted by molar-refractivity contribution is 0.177. The highest BCUT2D eigenvalue weighted by Crippen LogP contribution is 2.27. The predicted octanol–water partition coefficient (Wildman–Crippen LogP) is 4.63. The summed E-state index contributed by atoms with van der Waals surface area (Å²) in [6.07, 6.45) is -0.272. The summed E-state index contributed by atoms with van der Waals surface area (Å²) in [6, 6.07) is 12.0. The molecule has 0 aliphatic rings. The Morgan fingerprint density at radius 2 is 1.72 bits per heavy atom. The smallest absolute Gasteiger partial charge is 0.123 e. The lowest BCUT2D eigenvalue weighted by atomic mass is 10.0. The molecule has 1 unspecified atom stereocenters. The number of hydrogen-bond donors (Lipinski definition) is 1. The number of rotatable bonds is 3. The zero-order valence-corrected chi connectivity index (χ0v) is 12.6. The van der Waals surface area contributed by atoms with Crippen LogP contribution in [0.5, 0.6) is 0 Å². The minimum atomic E-state index is -0.726. The van der Waals surface area contributed by atoms with Gasteiger partial charge in [-0.1, -0.05) is 44.0 Å². The minimum Gasteiger partial charge on any atom is -0.388 e. The van der Waals surface area contributed by atoms with Gasteiger partial charge < -0.3 is 5.11 Å². The molecule has 0 amide bonds. The van der Waals surface area contributed by atoms with Crippen molar-refractivity contribution in [2.75, 3.05) is 0 Å². The first kappa shape index (κ1) is 13.7. The Kier molecular flexibility index (Phi) is 4.54. The average molecular weight is 374 g/mol. The van der Waals surface area contributed by atoms with Gasteiger partial charge in [0, 0.05) is 15.4 Å². The molecule has 0 spiro atoms. The Morgan fingerprint density at radius 1 is 1.06 bits per heavy atom. The van der Waals surface area contributed by atoms with E-state index >= 15 is 0 Å². The Hall–Kier alpha value is -0.710. The van der Waals surface area contributed by atoms with Gasteiger partial charge in [0.2, 0.25) is 0 Å². The molecule has 2 aromatic carbocycles. The fourth-order valence-corrected chi connectivity index (χ4v) is 2.50. The van der Waals surface area contributed by atoms with Crippen LogP contribution >= 0.6 is 31.9 Å². The molecule has 0 bridgehead atoms. The Balaban J connectivity index is 2.18. The van der Waals surface area contributed by atoms with Gasteiger partial charge in [-0.15, -0.1) is 0 Å². The maximum atomic E-state index is 13.2. The first-order valence-corrected chi connectivity index (χ1v) is 7.02. The van der Waals surface area contributed by atoms with Crippen molar-refractivity contribution in [1.29, 1.82) is 0 Å². The van der Waals surface area contributed by atoms with Crippen molar-refractivity contribution in [3.05, 3.63) is 68.4 Å². The van der Waals surface area contributed by atoms with E-state index in [0.717, 1.165) is 10.0 Å². The Labute approximate surface area is 122 Å². The van der Waals surface area contributed by atoms with Crippen LogP contribution in [0.1, 0.15) is 17.2 Å². The van der Waals surface area contributed by atoms with E-state index in [1.165, 1.54) is 12.1 Å². The van der Waals surface area contributed by atoms with Crippen LogP contribution in [0.15, 0.2) is 51.4 Å². The second kappa shape index (κ2) is 5.95. The van der Waals surface area contributed by atoms with Gasteiger partial charge in [-0.05, 0) is 41.5 Å². The lowest BCUT2D eigenvalue weighted by Gasteiger charge is -2.13. The highest BCUT2D eigenvalue weighted by Gasteiger charge is 2.13. The van der Waals surface area contributed by atoms with Crippen LogP contribution in [0, 0.1) is 5.82 Å². The van der Waals surface area contributed by atoms with E-state index < -0.39 is 6.10 Å². The lowest BCUT2D eigenvalue weighted by Crippen LogP contribution is -2.03. The number of benzene rings is 2. The van der Waals surface area contributed by atoms with Gasteiger partial charge in [0.1, 0.15) is 5.82 Å². The van der Waals surface area contributed by atoms with Crippen molar-refractivity contribution in [1.82, 2.24) is 0 Å². The van der Waals surface area contributed by atoms with Crippen molar-refractivity contribution >= 4 is 31.9 Å². The number of halogens is 3. The second-order valence-corrected chi connectivity index (χ2v) is 5.78. The molecule has 94 valence electrons. The van der Waals surface area contributed by atoms with Crippen LogP contribution in [0.25, 0.3) is 0 Å². The quantitative estimate of drug-likeness (QED) is 0.831. The molecule has 0 aliphatic carbocycles. The van der Waals surface area contributed by atoms with E-state index in [1.807, 2.05) is 24.3 Å². The summed E-state index contributed by atoms with van der Waals surface area (Å²) in [5.41, 5.74) is 1.57. The molecule has 2 aromatic rings. The molecule has 0 saturated carbocycles. The average Bonchev–Trinajstić information content (AvgIpc) is 2.35. The zero-order valence-electron chi connectivity index (χ0n) is 9.41. The summed E-state index contributed by atoms with van der Waals surface area (Å²) in [5, 5.41) is 10.1. The third-order valence-corrected chi connectivity index (χ3v) is 3.91. The zero-order chi connectivity index (χ0) is 13.1. The summed E-state index contributed by atoms with van der Waals surface area (Å²) in [7, 11) is 0. The highest BCUT2D eigenvalue weighted by molar-refractivity contribution is 9.10. The van der Waals surface area contributed by atoms with Crippen LogP contribution in [0.4, 0.5) is 4.39 Å². The van der Waals surface area contributed by atoms with E-state index in [9.17, 15) is 9.50 Å². The first-order valence-electron chi connectivity index (χ1n) is 5.44. The summed E-state index contributed by atoms with van der Waals surface area (Å²) in [6.45, 7) is 0. The molecule has 4 heteroatoms. The standard InChI is InChI=1S/C14H11Br2FO/c15-10-3-1-9(2-4-10)7-14(18)12-8-11(17)5-6-13(12)16/h1-6,8,14,18H,7H2. The largest absolute Gasteiger partial charge is 0.388 e.